The highest BCUT2D eigenvalue weighted by Gasteiger charge is 2.16. The van der Waals surface area contributed by atoms with Gasteiger partial charge in [0.2, 0.25) is 0 Å². The smallest absolute Gasteiger partial charge is 0.319 e. The number of hydrogen-bond donors (Lipinski definition) is 6. The number of aromatic nitrogens is 2. The number of carbonyl (C=O) groups excluding carboxylic acids is 1. The lowest BCUT2D eigenvalue weighted by molar-refractivity contribution is 0.160. The van der Waals surface area contributed by atoms with Crippen molar-refractivity contribution in [3.63, 3.8) is 0 Å². The summed E-state index contributed by atoms with van der Waals surface area (Å²) in [7, 11) is 0. The number of nitrogens with one attached hydrogen (secondary N) is 3. The van der Waals surface area contributed by atoms with Gasteiger partial charge in [-0.25, -0.2) is 9.31 Å². The molecule has 2 aromatic carbocycles. The maximum atomic E-state index is 12.5. The highest BCUT2D eigenvalue weighted by molar-refractivity contribution is 5.96. The van der Waals surface area contributed by atoms with E-state index in [1.165, 1.54) is 0 Å². The Balaban J connectivity index is 1.40. The number of para-hydroxylation sites is 1. The van der Waals surface area contributed by atoms with E-state index in [0.29, 0.717) is 55.4 Å². The zero-order valence-electron chi connectivity index (χ0n) is 21.9. The van der Waals surface area contributed by atoms with Crippen molar-refractivity contribution in [2.75, 3.05) is 55.8 Å². The highest BCUT2D eigenvalue weighted by Crippen LogP contribution is 2.34. The van der Waals surface area contributed by atoms with Gasteiger partial charge in [0.1, 0.15) is 11.5 Å². The Bertz CT molecular complexity index is 1350. The van der Waals surface area contributed by atoms with Crippen LogP contribution in [0.15, 0.2) is 67.0 Å². The number of ether oxygens (including phenoxy) is 1. The molecule has 0 spiro atoms. The number of aliphatic hydroxyl groups is 2. The molecule has 0 bridgehead atoms. The van der Waals surface area contributed by atoms with E-state index in [2.05, 4.69) is 21.0 Å². The predicted octanol–water partition coefficient (Wildman–Crippen LogP) is 3.56. The lowest BCUT2D eigenvalue weighted by Gasteiger charge is -2.19. The molecule has 0 aliphatic heterocycles. The minimum absolute atomic E-state index is 0.0266. The van der Waals surface area contributed by atoms with Crippen LogP contribution in [0.2, 0.25) is 0 Å². The van der Waals surface area contributed by atoms with Gasteiger partial charge in [0.15, 0.2) is 0 Å². The number of nitrogens with two attached hydrogens (primary N) is 1. The van der Waals surface area contributed by atoms with Crippen molar-refractivity contribution < 1.29 is 19.7 Å². The van der Waals surface area contributed by atoms with Gasteiger partial charge in [-0.15, -0.1) is 0 Å². The Morgan fingerprint density at radius 3 is 2.41 bits per heavy atom. The largest absolute Gasteiger partial charge is 0.457 e. The Labute approximate surface area is 227 Å². The maximum Gasteiger partial charge on any atom is 0.319 e. The molecule has 0 aliphatic carbocycles. The molecule has 2 aromatic heterocycles. The first-order valence-corrected chi connectivity index (χ1v) is 12.8. The van der Waals surface area contributed by atoms with E-state index in [1.807, 2.05) is 66.4 Å². The highest BCUT2D eigenvalue weighted by atomic mass is 16.5. The van der Waals surface area contributed by atoms with Crippen molar-refractivity contribution >= 4 is 34.3 Å². The number of amides is 2. The second kappa shape index (κ2) is 13.5. The molecule has 0 saturated heterocycles. The Morgan fingerprint density at radius 2 is 1.72 bits per heavy atom. The molecule has 11 nitrogen and oxygen atoms in total. The van der Waals surface area contributed by atoms with Crippen LogP contribution < -0.4 is 26.4 Å². The number of nitrogen functional groups attached to an aromatic ring is 1. The first-order valence-electron chi connectivity index (χ1n) is 12.8. The van der Waals surface area contributed by atoms with Crippen molar-refractivity contribution in [2.45, 2.75) is 13.3 Å². The number of hydrogen-bond acceptors (Lipinski definition) is 8. The van der Waals surface area contributed by atoms with Gasteiger partial charge in [0.05, 0.1) is 48.2 Å². The average molecular weight is 534 g/mol. The molecular weight excluding hydrogens is 498 g/mol. The molecule has 11 heteroatoms. The van der Waals surface area contributed by atoms with Crippen LogP contribution in [0.5, 0.6) is 11.5 Å². The Kier molecular flexibility index (Phi) is 9.57. The summed E-state index contributed by atoms with van der Waals surface area (Å²) >= 11 is 0. The summed E-state index contributed by atoms with van der Waals surface area (Å²) in [4.78, 5) is 14.5. The van der Waals surface area contributed by atoms with E-state index in [0.717, 1.165) is 22.5 Å². The molecule has 0 radical (unpaired) electrons. The number of aliphatic hydroxyl groups excluding tert-OH is 2. The lowest BCUT2D eigenvalue weighted by Crippen LogP contribution is -2.34. The predicted molar refractivity (Wildman–Crippen MR) is 153 cm³/mol. The fraction of sp³-hybridized carbons (Fsp3) is 0.286. The fourth-order valence-corrected chi connectivity index (χ4v) is 4.22. The fourth-order valence-electron chi connectivity index (χ4n) is 4.22. The molecule has 0 atom stereocenters. The normalized spacial score (nSPS) is 11.1. The number of aryl methyl sites for hydroxylation is 1. The van der Waals surface area contributed by atoms with Gasteiger partial charge in [0.25, 0.3) is 0 Å². The van der Waals surface area contributed by atoms with Crippen LogP contribution in [0, 0.1) is 6.92 Å². The number of carbonyl (C=O) groups is 1. The molecular formula is C28H35N7O4. The van der Waals surface area contributed by atoms with E-state index in [1.54, 1.807) is 16.9 Å². The minimum Gasteiger partial charge on any atom is -0.457 e. The molecule has 4 aromatic rings. The molecule has 0 aliphatic rings. The zero-order chi connectivity index (χ0) is 27.6. The van der Waals surface area contributed by atoms with E-state index >= 15 is 0 Å². The second-order valence-corrected chi connectivity index (χ2v) is 9.02. The molecule has 0 unspecified atom stereocenters. The number of urea groups is 1. The van der Waals surface area contributed by atoms with Crippen LogP contribution in [0.3, 0.4) is 0 Å². The van der Waals surface area contributed by atoms with Crippen LogP contribution >= 0.6 is 0 Å². The van der Waals surface area contributed by atoms with Crippen LogP contribution in [-0.4, -0.2) is 70.2 Å². The number of fused-ring (bicyclic) bond motifs is 1. The number of rotatable bonds is 13. The van der Waals surface area contributed by atoms with E-state index in [-0.39, 0.29) is 19.2 Å². The average Bonchev–Trinajstić information content (AvgIpc) is 3.25. The first-order chi connectivity index (χ1) is 19.0. The number of benzene rings is 2. The summed E-state index contributed by atoms with van der Waals surface area (Å²) in [5.41, 5.74) is 10.4. The van der Waals surface area contributed by atoms with E-state index in [9.17, 15) is 4.79 Å². The van der Waals surface area contributed by atoms with Crippen molar-refractivity contribution in [1.29, 1.82) is 0 Å². The van der Waals surface area contributed by atoms with Gasteiger partial charge in [-0.05, 0) is 56.3 Å². The van der Waals surface area contributed by atoms with E-state index in [4.69, 9.17) is 20.7 Å². The maximum absolute atomic E-state index is 12.5. The van der Waals surface area contributed by atoms with Crippen molar-refractivity contribution in [3.05, 3.63) is 72.6 Å². The third-order valence-corrected chi connectivity index (χ3v) is 6.21. The molecule has 39 heavy (non-hydrogen) atoms. The van der Waals surface area contributed by atoms with Crippen molar-refractivity contribution in [2.24, 2.45) is 0 Å². The SMILES string of the molecule is Cc1c(NC(=O)NCCCN(CCO)CCO)cn2ncc(N)c(Nc3ccc(Oc4ccccc4)cc3)c12. The molecule has 4 rings (SSSR count). The van der Waals surface area contributed by atoms with Crippen molar-refractivity contribution in [1.82, 2.24) is 19.8 Å². The van der Waals surface area contributed by atoms with Gasteiger partial charge in [0, 0.05) is 30.9 Å². The first kappa shape index (κ1) is 27.7. The van der Waals surface area contributed by atoms with E-state index < -0.39 is 0 Å². The standard InChI is InChI=1S/C28H35N7O4/c1-20-25(33-28(38)30-12-5-13-34(14-16-36)15-17-37)19-35-27(20)26(24(29)18-31-35)32-21-8-10-23(11-9-21)39-22-6-3-2-4-7-22/h2-4,6-11,18-19,32,36-37H,5,12-17,29H2,1H3,(H2,30,33,38). The van der Waals surface area contributed by atoms with Crippen LogP contribution in [0.4, 0.5) is 27.5 Å². The number of nitrogens with zero attached hydrogens (tertiary/aromatic N) is 3. The summed E-state index contributed by atoms with van der Waals surface area (Å²) in [5, 5.41) is 31.7. The third-order valence-electron chi connectivity index (χ3n) is 6.21. The summed E-state index contributed by atoms with van der Waals surface area (Å²) in [5.74, 6) is 1.47. The minimum atomic E-state index is -0.332. The Morgan fingerprint density at radius 1 is 1.03 bits per heavy atom. The molecule has 0 saturated carbocycles. The molecule has 206 valence electrons. The molecule has 7 N–H and O–H groups in total. The van der Waals surface area contributed by atoms with Gasteiger partial charge >= 0.3 is 6.03 Å². The van der Waals surface area contributed by atoms with Crippen LogP contribution in [0.25, 0.3) is 5.52 Å². The van der Waals surface area contributed by atoms with Gasteiger partial charge in [-0.1, -0.05) is 18.2 Å². The topological polar surface area (TPSA) is 149 Å². The van der Waals surface area contributed by atoms with Gasteiger partial charge in [-0.3, -0.25) is 4.90 Å². The summed E-state index contributed by atoms with van der Waals surface area (Å²) in [6.07, 6.45) is 4.00. The summed E-state index contributed by atoms with van der Waals surface area (Å²) < 4.78 is 7.55. The lowest BCUT2D eigenvalue weighted by atomic mass is 10.2. The summed E-state index contributed by atoms with van der Waals surface area (Å²) in [6.45, 7) is 4.04. The third kappa shape index (κ3) is 7.38. The van der Waals surface area contributed by atoms with Crippen LogP contribution in [-0.2, 0) is 0 Å². The quantitative estimate of drug-likeness (QED) is 0.143. The number of anilines is 4. The van der Waals surface area contributed by atoms with Gasteiger partial charge < -0.3 is 36.6 Å². The van der Waals surface area contributed by atoms with Gasteiger partial charge in [-0.2, -0.15) is 5.10 Å². The summed E-state index contributed by atoms with van der Waals surface area (Å²) in [6, 6.07) is 16.8. The zero-order valence-corrected chi connectivity index (χ0v) is 21.9. The molecule has 2 heterocycles. The van der Waals surface area contributed by atoms with Crippen molar-refractivity contribution in [3.8, 4) is 11.5 Å². The van der Waals surface area contributed by atoms with Crippen LogP contribution in [0.1, 0.15) is 12.0 Å². The monoisotopic (exact) mass is 533 g/mol. The molecule has 2 amide bonds. The Hall–Kier alpha value is -4.32. The second-order valence-electron chi connectivity index (χ2n) is 9.02. The molecule has 0 fully saturated rings.